The Kier molecular flexibility index (Phi) is 6.87. The van der Waals surface area contributed by atoms with Crippen molar-refractivity contribution < 1.29 is 17.2 Å². The molecule has 0 unspecified atom stereocenters. The van der Waals surface area contributed by atoms with Gasteiger partial charge in [0.05, 0.1) is 22.5 Å². The Hall–Kier alpha value is -3.40. The van der Waals surface area contributed by atoms with Gasteiger partial charge in [-0.25, -0.2) is 27.2 Å². The Labute approximate surface area is 197 Å². The van der Waals surface area contributed by atoms with Gasteiger partial charge in [-0.2, -0.15) is 0 Å². The molecule has 4 rings (SSSR count). The summed E-state index contributed by atoms with van der Waals surface area (Å²) in [6, 6.07) is 5.74. The van der Waals surface area contributed by atoms with Crippen molar-refractivity contribution in [2.75, 3.05) is 10.5 Å². The predicted octanol–water partition coefficient (Wildman–Crippen LogP) is 5.26. The number of benzene rings is 1. The molecule has 0 spiro atoms. The third kappa shape index (κ3) is 4.77. The largest absolute Gasteiger partial charge is 0.309 e. The lowest BCUT2D eigenvalue weighted by molar-refractivity contribution is 0.572. The number of pyridine rings is 1. The van der Waals surface area contributed by atoms with Crippen LogP contribution in [0.15, 0.2) is 49.2 Å². The second-order valence-electron chi connectivity index (χ2n) is 7.99. The molecule has 7 nitrogen and oxygen atoms in total. The van der Waals surface area contributed by atoms with Gasteiger partial charge in [-0.15, -0.1) is 0 Å². The molecule has 0 aliphatic heterocycles. The fraction of sp³-hybridized carbons (Fsp3) is 0.292. The van der Waals surface area contributed by atoms with Crippen LogP contribution in [0, 0.1) is 11.6 Å². The predicted molar refractivity (Wildman–Crippen MR) is 128 cm³/mol. The van der Waals surface area contributed by atoms with E-state index in [1.165, 1.54) is 10.9 Å². The van der Waals surface area contributed by atoms with Crippen LogP contribution >= 0.6 is 0 Å². The normalized spacial score (nSPS) is 11.8. The summed E-state index contributed by atoms with van der Waals surface area (Å²) >= 11 is 0. The second-order valence-corrected chi connectivity index (χ2v) is 9.83. The maximum Gasteiger partial charge on any atom is 0.232 e. The van der Waals surface area contributed by atoms with Crippen LogP contribution in [0.3, 0.4) is 0 Å². The fourth-order valence-electron chi connectivity index (χ4n) is 3.80. The minimum atomic E-state index is -3.76. The van der Waals surface area contributed by atoms with Gasteiger partial charge in [0, 0.05) is 35.4 Å². The second kappa shape index (κ2) is 9.84. The zero-order valence-corrected chi connectivity index (χ0v) is 19.7. The fourth-order valence-corrected chi connectivity index (χ4v) is 4.94. The zero-order chi connectivity index (χ0) is 24.3. The molecule has 0 aliphatic carbocycles. The van der Waals surface area contributed by atoms with Crippen LogP contribution in [0.1, 0.15) is 38.8 Å². The molecule has 178 valence electrons. The minimum Gasteiger partial charge on any atom is -0.309 e. The summed E-state index contributed by atoms with van der Waals surface area (Å²) in [4.78, 5) is 12.9. The molecule has 34 heavy (non-hydrogen) atoms. The summed E-state index contributed by atoms with van der Waals surface area (Å²) in [7, 11) is -3.76. The van der Waals surface area contributed by atoms with Crippen LogP contribution in [0.25, 0.3) is 27.8 Å². The van der Waals surface area contributed by atoms with Crippen LogP contribution in [-0.4, -0.2) is 33.7 Å². The van der Waals surface area contributed by atoms with Crippen LogP contribution < -0.4 is 4.72 Å². The summed E-state index contributed by atoms with van der Waals surface area (Å²) in [6.45, 7) is 3.79. The number of sulfonamides is 1. The number of nitrogens with zero attached hydrogens (tertiary/aromatic N) is 4. The summed E-state index contributed by atoms with van der Waals surface area (Å²) in [5.41, 5.74) is 2.45. The number of aryl methyl sites for hydroxylation is 1. The Morgan fingerprint density at radius 1 is 1.03 bits per heavy atom. The van der Waals surface area contributed by atoms with Gasteiger partial charge in [-0.05, 0) is 43.5 Å². The van der Waals surface area contributed by atoms with Gasteiger partial charge in [0.2, 0.25) is 10.0 Å². The van der Waals surface area contributed by atoms with Gasteiger partial charge >= 0.3 is 0 Å². The van der Waals surface area contributed by atoms with Crippen molar-refractivity contribution in [3.8, 4) is 16.8 Å². The number of fused-ring (bicyclic) bond motifs is 1. The standard InChI is InChI=1S/C24H25F2N5O2S/c1-3-5-6-17-7-10-21-23(29-17)18(16-12-27-15-28-13-16)14-31(21)24-19(25)8-9-20(22(24)26)30-34(32,33)11-4-2/h7-10,12-15,30H,3-6,11H2,1-2H3. The highest BCUT2D eigenvalue weighted by atomic mass is 32.2. The molecule has 0 saturated carbocycles. The average molecular weight is 486 g/mol. The summed E-state index contributed by atoms with van der Waals surface area (Å²) in [6.07, 6.45) is 9.30. The van der Waals surface area contributed by atoms with Gasteiger partial charge in [0.15, 0.2) is 5.82 Å². The van der Waals surface area contributed by atoms with Crippen molar-refractivity contribution in [3.63, 3.8) is 0 Å². The highest BCUT2D eigenvalue weighted by Gasteiger charge is 2.22. The number of aromatic nitrogens is 4. The van der Waals surface area contributed by atoms with Crippen molar-refractivity contribution in [1.29, 1.82) is 0 Å². The van der Waals surface area contributed by atoms with E-state index in [4.69, 9.17) is 4.98 Å². The number of rotatable bonds is 9. The Balaban J connectivity index is 1.92. The van der Waals surface area contributed by atoms with E-state index < -0.39 is 27.3 Å². The molecule has 0 atom stereocenters. The maximum atomic E-state index is 15.5. The van der Waals surface area contributed by atoms with Crippen molar-refractivity contribution >= 4 is 26.7 Å². The molecular formula is C24H25F2N5O2S. The third-order valence-electron chi connectivity index (χ3n) is 5.41. The number of nitrogens with one attached hydrogen (secondary N) is 1. The Morgan fingerprint density at radius 3 is 2.50 bits per heavy atom. The van der Waals surface area contributed by atoms with Gasteiger partial charge < -0.3 is 4.57 Å². The van der Waals surface area contributed by atoms with Gasteiger partial charge in [-0.3, -0.25) is 9.71 Å². The molecule has 0 aliphatic rings. The van der Waals surface area contributed by atoms with E-state index in [2.05, 4.69) is 21.6 Å². The highest BCUT2D eigenvalue weighted by molar-refractivity contribution is 7.92. The highest BCUT2D eigenvalue weighted by Crippen LogP contribution is 2.34. The molecule has 3 aromatic heterocycles. The Morgan fingerprint density at radius 2 is 1.79 bits per heavy atom. The molecule has 1 aromatic carbocycles. The number of anilines is 1. The van der Waals surface area contributed by atoms with Crippen molar-refractivity contribution in [3.05, 3.63) is 66.5 Å². The van der Waals surface area contributed by atoms with E-state index >= 15 is 4.39 Å². The molecule has 0 amide bonds. The van der Waals surface area contributed by atoms with E-state index in [1.807, 2.05) is 6.07 Å². The van der Waals surface area contributed by atoms with E-state index in [1.54, 1.807) is 31.6 Å². The molecule has 0 bridgehead atoms. The molecule has 0 radical (unpaired) electrons. The summed E-state index contributed by atoms with van der Waals surface area (Å²) in [5.74, 6) is -2.02. The quantitative estimate of drug-likeness (QED) is 0.350. The number of halogens is 2. The van der Waals surface area contributed by atoms with Crippen LogP contribution in [0.4, 0.5) is 14.5 Å². The first-order chi connectivity index (χ1) is 16.3. The summed E-state index contributed by atoms with van der Waals surface area (Å²) < 4.78 is 58.5. The molecular weight excluding hydrogens is 460 g/mol. The number of hydrogen-bond donors (Lipinski definition) is 1. The lowest BCUT2D eigenvalue weighted by Crippen LogP contribution is -2.18. The van der Waals surface area contributed by atoms with Crippen molar-refractivity contribution in [2.45, 2.75) is 39.5 Å². The first kappa shape index (κ1) is 23.7. The van der Waals surface area contributed by atoms with Crippen LogP contribution in [-0.2, 0) is 16.4 Å². The van der Waals surface area contributed by atoms with Crippen molar-refractivity contribution in [2.24, 2.45) is 0 Å². The maximum absolute atomic E-state index is 15.5. The molecule has 0 saturated heterocycles. The zero-order valence-electron chi connectivity index (χ0n) is 18.9. The molecule has 4 aromatic rings. The lowest BCUT2D eigenvalue weighted by atomic mass is 10.1. The third-order valence-corrected chi connectivity index (χ3v) is 6.89. The molecule has 10 heteroatoms. The Bertz CT molecular complexity index is 1420. The summed E-state index contributed by atoms with van der Waals surface area (Å²) in [5, 5.41) is 0. The first-order valence-electron chi connectivity index (χ1n) is 11.1. The topological polar surface area (TPSA) is 89.8 Å². The molecule has 0 fully saturated rings. The SMILES string of the molecule is CCCCc1ccc2c(n1)c(-c1cncnc1)cn2-c1c(F)ccc(NS(=O)(=O)CCC)c1F. The molecule has 1 N–H and O–H groups in total. The first-order valence-corrected chi connectivity index (χ1v) is 12.7. The van der Waals surface area contributed by atoms with Gasteiger partial charge in [-0.1, -0.05) is 20.3 Å². The lowest BCUT2D eigenvalue weighted by Gasteiger charge is -2.13. The van der Waals surface area contributed by atoms with E-state index in [0.29, 0.717) is 28.6 Å². The monoisotopic (exact) mass is 485 g/mol. The van der Waals surface area contributed by atoms with Gasteiger partial charge in [0.1, 0.15) is 17.8 Å². The van der Waals surface area contributed by atoms with Crippen LogP contribution in [0.2, 0.25) is 0 Å². The minimum absolute atomic E-state index is 0.172. The van der Waals surface area contributed by atoms with E-state index in [0.717, 1.165) is 37.1 Å². The van der Waals surface area contributed by atoms with Gasteiger partial charge in [0.25, 0.3) is 0 Å². The number of unbranched alkanes of at least 4 members (excludes halogenated alkanes) is 1. The van der Waals surface area contributed by atoms with E-state index in [-0.39, 0.29) is 11.4 Å². The number of hydrogen-bond acceptors (Lipinski definition) is 5. The average Bonchev–Trinajstić information content (AvgIpc) is 3.19. The van der Waals surface area contributed by atoms with Crippen molar-refractivity contribution in [1.82, 2.24) is 19.5 Å². The van der Waals surface area contributed by atoms with E-state index in [9.17, 15) is 12.8 Å². The molecule has 3 heterocycles. The smallest absolute Gasteiger partial charge is 0.232 e. The van der Waals surface area contributed by atoms with Crippen LogP contribution in [0.5, 0.6) is 0 Å².